The SMILES string of the molecule is C[C@@]12CC[C@@](C)(C1)[C@H](F)[C@@H](Oc1ncc(-c3ccc(-n4ccnc4)cc3O)nn1)C2. The van der Waals surface area contributed by atoms with Crippen molar-refractivity contribution in [3.05, 3.63) is 43.1 Å². The standard InChI is InChI=1S/C22H24FN5O2/c1-21-5-6-22(2,12-21)19(23)18(10-21)30-20-25-11-16(26-27-20)15-4-3-14(9-17(15)29)28-8-7-24-13-28/h3-4,7-9,11,13,18-19,29H,5-6,10,12H2,1-2H3/t18-,19+,21-,22-/m0/s1. The van der Waals surface area contributed by atoms with Gasteiger partial charge >= 0.3 is 6.01 Å². The summed E-state index contributed by atoms with van der Waals surface area (Å²) in [5.41, 5.74) is 1.46. The molecule has 2 aliphatic rings. The average molecular weight is 409 g/mol. The molecule has 0 aliphatic heterocycles. The van der Waals surface area contributed by atoms with Crippen molar-refractivity contribution in [3.63, 3.8) is 0 Å². The van der Waals surface area contributed by atoms with Gasteiger partial charge in [-0.15, -0.1) is 5.10 Å². The van der Waals surface area contributed by atoms with Crippen molar-refractivity contribution in [1.82, 2.24) is 24.7 Å². The molecule has 3 aromatic rings. The van der Waals surface area contributed by atoms with Crippen LogP contribution in [0.2, 0.25) is 0 Å². The molecular weight excluding hydrogens is 385 g/mol. The minimum atomic E-state index is -1.05. The summed E-state index contributed by atoms with van der Waals surface area (Å²) < 4.78 is 22.7. The second-order valence-corrected chi connectivity index (χ2v) is 9.20. The van der Waals surface area contributed by atoms with Gasteiger partial charge in [0.05, 0.1) is 18.2 Å². The van der Waals surface area contributed by atoms with E-state index in [0.717, 1.165) is 24.9 Å². The summed E-state index contributed by atoms with van der Waals surface area (Å²) >= 11 is 0. The largest absolute Gasteiger partial charge is 0.507 e. The van der Waals surface area contributed by atoms with Gasteiger partial charge in [-0.1, -0.05) is 18.9 Å². The molecule has 0 saturated heterocycles. The van der Waals surface area contributed by atoms with Gasteiger partial charge in [0.25, 0.3) is 0 Å². The molecule has 0 radical (unpaired) electrons. The average Bonchev–Trinajstić information content (AvgIpc) is 3.34. The number of alkyl halides is 1. The highest BCUT2D eigenvalue weighted by molar-refractivity contribution is 5.67. The lowest BCUT2D eigenvalue weighted by Crippen LogP contribution is -2.46. The molecule has 0 amide bonds. The zero-order valence-corrected chi connectivity index (χ0v) is 17.0. The third-order valence-corrected chi connectivity index (χ3v) is 6.67. The zero-order chi connectivity index (χ0) is 20.9. The zero-order valence-electron chi connectivity index (χ0n) is 17.0. The van der Waals surface area contributed by atoms with Crippen LogP contribution >= 0.6 is 0 Å². The molecule has 2 bridgehead atoms. The molecule has 5 rings (SSSR count). The first-order chi connectivity index (χ1) is 14.4. The molecule has 8 heteroatoms. The Morgan fingerprint density at radius 3 is 2.80 bits per heavy atom. The minimum absolute atomic E-state index is 0.0551. The van der Waals surface area contributed by atoms with Crippen LogP contribution in [0.3, 0.4) is 0 Å². The van der Waals surface area contributed by atoms with E-state index in [1.807, 2.05) is 13.0 Å². The van der Waals surface area contributed by atoms with Crippen LogP contribution in [0.1, 0.15) is 39.5 Å². The van der Waals surface area contributed by atoms with E-state index >= 15 is 4.39 Å². The summed E-state index contributed by atoms with van der Waals surface area (Å²) in [7, 11) is 0. The summed E-state index contributed by atoms with van der Waals surface area (Å²) in [4.78, 5) is 8.23. The molecule has 1 N–H and O–H groups in total. The number of phenolic OH excluding ortho intramolecular Hbond substituents is 1. The van der Waals surface area contributed by atoms with Crippen molar-refractivity contribution in [1.29, 1.82) is 0 Å². The summed E-state index contributed by atoms with van der Waals surface area (Å²) in [6, 6.07) is 5.27. The normalized spacial score (nSPS) is 30.4. The number of aromatic hydroxyl groups is 1. The lowest BCUT2D eigenvalue weighted by atomic mass is 9.68. The molecule has 0 spiro atoms. The van der Waals surface area contributed by atoms with Crippen LogP contribution < -0.4 is 4.74 Å². The fourth-order valence-corrected chi connectivity index (χ4v) is 5.17. The monoisotopic (exact) mass is 409 g/mol. The number of fused-ring (bicyclic) bond motifs is 2. The molecular formula is C22H24FN5O2. The number of imidazole rings is 1. The second-order valence-electron chi connectivity index (χ2n) is 9.20. The number of aromatic nitrogens is 5. The summed E-state index contributed by atoms with van der Waals surface area (Å²) in [6.07, 6.45) is 8.45. The maximum atomic E-state index is 15.1. The number of ether oxygens (including phenoxy) is 1. The van der Waals surface area contributed by atoms with Gasteiger partial charge in [-0.05, 0) is 43.2 Å². The molecule has 0 unspecified atom stereocenters. The van der Waals surface area contributed by atoms with Crippen LogP contribution in [-0.2, 0) is 0 Å². The van der Waals surface area contributed by atoms with Gasteiger partial charge in [0.15, 0.2) is 0 Å². The molecule has 30 heavy (non-hydrogen) atoms. The molecule has 1 aromatic carbocycles. The van der Waals surface area contributed by atoms with Crippen molar-refractivity contribution in [3.8, 4) is 28.7 Å². The first kappa shape index (κ1) is 19.0. The van der Waals surface area contributed by atoms with Crippen molar-refractivity contribution >= 4 is 0 Å². The Bertz CT molecular complexity index is 1060. The molecule has 156 valence electrons. The number of benzene rings is 1. The quantitative estimate of drug-likeness (QED) is 0.698. The summed E-state index contributed by atoms with van der Waals surface area (Å²) in [6.45, 7) is 4.22. The van der Waals surface area contributed by atoms with Gasteiger partial charge in [-0.3, -0.25) is 0 Å². The van der Waals surface area contributed by atoms with E-state index in [1.165, 1.54) is 6.20 Å². The Labute approximate surface area is 174 Å². The highest BCUT2D eigenvalue weighted by Gasteiger charge is 2.56. The first-order valence-corrected chi connectivity index (χ1v) is 10.2. The number of hydrogen-bond acceptors (Lipinski definition) is 6. The Hall–Kier alpha value is -3.03. The molecule has 2 heterocycles. The first-order valence-electron chi connectivity index (χ1n) is 10.2. The molecule has 2 aliphatic carbocycles. The Balaban J connectivity index is 1.34. The highest BCUT2D eigenvalue weighted by atomic mass is 19.1. The molecule has 2 aromatic heterocycles. The van der Waals surface area contributed by atoms with Crippen molar-refractivity contribution in [2.45, 2.75) is 51.8 Å². The Morgan fingerprint density at radius 1 is 1.23 bits per heavy atom. The van der Waals surface area contributed by atoms with E-state index in [9.17, 15) is 5.11 Å². The van der Waals surface area contributed by atoms with Crippen molar-refractivity contribution in [2.24, 2.45) is 10.8 Å². The minimum Gasteiger partial charge on any atom is -0.507 e. The van der Waals surface area contributed by atoms with E-state index < -0.39 is 12.3 Å². The molecule has 4 atom stereocenters. The van der Waals surface area contributed by atoms with E-state index in [0.29, 0.717) is 17.7 Å². The number of rotatable bonds is 4. The predicted molar refractivity (Wildman–Crippen MR) is 108 cm³/mol. The van der Waals surface area contributed by atoms with Crippen molar-refractivity contribution < 1.29 is 14.2 Å². The van der Waals surface area contributed by atoms with E-state index in [2.05, 4.69) is 27.1 Å². The lowest BCUT2D eigenvalue weighted by Gasteiger charge is -2.42. The van der Waals surface area contributed by atoms with E-state index in [4.69, 9.17) is 4.74 Å². The van der Waals surface area contributed by atoms with Crippen molar-refractivity contribution in [2.75, 3.05) is 0 Å². The van der Waals surface area contributed by atoms with Crippen LogP contribution in [-0.4, -0.2) is 42.1 Å². The molecule has 7 nitrogen and oxygen atoms in total. The van der Waals surface area contributed by atoms with Gasteiger partial charge in [0.1, 0.15) is 23.7 Å². The second kappa shape index (κ2) is 6.75. The topological polar surface area (TPSA) is 86.0 Å². The van der Waals surface area contributed by atoms with Gasteiger partial charge in [0.2, 0.25) is 0 Å². The Morgan fingerprint density at radius 2 is 2.10 bits per heavy atom. The van der Waals surface area contributed by atoms with Crippen LogP contribution in [0, 0.1) is 10.8 Å². The van der Waals surface area contributed by atoms with Gasteiger partial charge < -0.3 is 14.4 Å². The summed E-state index contributed by atoms with van der Waals surface area (Å²) in [5.74, 6) is 0.0551. The number of nitrogens with zero attached hydrogens (tertiary/aromatic N) is 5. The fraction of sp³-hybridized carbons (Fsp3) is 0.455. The van der Waals surface area contributed by atoms with Crippen LogP contribution in [0.5, 0.6) is 11.8 Å². The highest BCUT2D eigenvalue weighted by Crippen LogP contribution is 2.59. The van der Waals surface area contributed by atoms with Gasteiger partial charge in [-0.25, -0.2) is 14.4 Å². The van der Waals surface area contributed by atoms with Crippen LogP contribution in [0.4, 0.5) is 4.39 Å². The van der Waals surface area contributed by atoms with E-state index in [-0.39, 0.29) is 22.6 Å². The molecule has 2 fully saturated rings. The van der Waals surface area contributed by atoms with Crippen LogP contribution in [0.25, 0.3) is 16.9 Å². The van der Waals surface area contributed by atoms with Gasteiger partial charge in [-0.2, -0.15) is 0 Å². The third-order valence-electron chi connectivity index (χ3n) is 6.67. The maximum absolute atomic E-state index is 15.1. The third kappa shape index (κ3) is 3.20. The Kier molecular flexibility index (Phi) is 4.27. The van der Waals surface area contributed by atoms with E-state index in [1.54, 1.807) is 35.4 Å². The smallest absolute Gasteiger partial charge is 0.336 e. The fourth-order valence-electron chi connectivity index (χ4n) is 5.17. The number of hydrogen-bond donors (Lipinski definition) is 1. The van der Waals surface area contributed by atoms with Crippen LogP contribution in [0.15, 0.2) is 43.1 Å². The van der Waals surface area contributed by atoms with Gasteiger partial charge in [0, 0.05) is 29.4 Å². The summed E-state index contributed by atoms with van der Waals surface area (Å²) in [5, 5.41) is 18.6. The maximum Gasteiger partial charge on any atom is 0.336 e. The molecule has 2 saturated carbocycles. The predicted octanol–water partition coefficient (Wildman–Crippen LogP) is 4.12. The number of halogens is 1. The lowest BCUT2D eigenvalue weighted by molar-refractivity contribution is -0.0451. The number of phenols is 1.